The molecule has 130 valence electrons. The first kappa shape index (κ1) is 16.0. The van der Waals surface area contributed by atoms with Gasteiger partial charge in [-0.15, -0.1) is 0 Å². The molecule has 0 unspecified atom stereocenters. The van der Waals surface area contributed by atoms with Gasteiger partial charge in [-0.05, 0) is 42.8 Å². The van der Waals surface area contributed by atoms with Crippen molar-refractivity contribution in [3.63, 3.8) is 0 Å². The summed E-state index contributed by atoms with van der Waals surface area (Å²) in [6.45, 7) is 2.28. The Balaban J connectivity index is 1.53. The van der Waals surface area contributed by atoms with Crippen molar-refractivity contribution < 1.29 is 9.21 Å². The molecule has 0 radical (unpaired) electrons. The number of aromatic amines is 1. The summed E-state index contributed by atoms with van der Waals surface area (Å²) in [5, 5.41) is 10.6. The summed E-state index contributed by atoms with van der Waals surface area (Å²) in [6.07, 6.45) is 1.48. The van der Waals surface area contributed by atoms with Crippen LogP contribution in [0.4, 0.5) is 5.69 Å². The summed E-state index contributed by atoms with van der Waals surface area (Å²) in [7, 11) is 0. The van der Waals surface area contributed by atoms with Crippen LogP contribution in [0.15, 0.2) is 53.1 Å². The van der Waals surface area contributed by atoms with E-state index in [1.165, 1.54) is 6.26 Å². The maximum absolute atomic E-state index is 12.6. The smallest absolute Gasteiger partial charge is 0.259 e. The van der Waals surface area contributed by atoms with Gasteiger partial charge in [0.05, 0.1) is 12.1 Å². The second-order valence-corrected chi connectivity index (χ2v) is 5.99. The number of benzene rings is 2. The predicted molar refractivity (Wildman–Crippen MR) is 98.6 cm³/mol. The highest BCUT2D eigenvalue weighted by atomic mass is 16.3. The highest BCUT2D eigenvalue weighted by molar-refractivity contribution is 6.12. The average molecular weight is 347 g/mol. The first-order chi connectivity index (χ1) is 12.6. The fourth-order valence-electron chi connectivity index (χ4n) is 2.73. The number of hydrogen-bond acceptors (Lipinski definition) is 5. The lowest BCUT2D eigenvalue weighted by Crippen LogP contribution is -2.11. The standard InChI is InChI=1S/C19H17N5O2/c1-11-2-7-14-15(10-26-16(14)8-11)19(25)21-13-5-3-12(4-6-13)18-22-17(9-20)23-24-18/h2-8,10H,9,20H2,1H3,(H,21,25)(H,22,23,24). The number of carbonyl (C=O) groups is 1. The van der Waals surface area contributed by atoms with Crippen molar-refractivity contribution in [1.29, 1.82) is 0 Å². The molecule has 26 heavy (non-hydrogen) atoms. The second-order valence-electron chi connectivity index (χ2n) is 5.99. The number of fused-ring (bicyclic) bond motifs is 1. The molecule has 0 fully saturated rings. The second kappa shape index (κ2) is 6.45. The van der Waals surface area contributed by atoms with Crippen LogP contribution in [0.1, 0.15) is 21.7 Å². The number of hydrogen-bond donors (Lipinski definition) is 3. The van der Waals surface area contributed by atoms with Crippen LogP contribution in [0.2, 0.25) is 0 Å². The molecule has 2 aromatic carbocycles. The molecule has 0 atom stereocenters. The molecule has 4 N–H and O–H groups in total. The van der Waals surface area contributed by atoms with Crippen molar-refractivity contribution >= 4 is 22.6 Å². The number of rotatable bonds is 4. The lowest BCUT2D eigenvalue weighted by molar-refractivity contribution is 0.102. The molecule has 0 saturated heterocycles. The fraction of sp³-hybridized carbons (Fsp3) is 0.105. The van der Waals surface area contributed by atoms with Gasteiger partial charge in [0, 0.05) is 16.6 Å². The van der Waals surface area contributed by atoms with Crippen molar-refractivity contribution in [1.82, 2.24) is 15.2 Å². The SMILES string of the molecule is Cc1ccc2c(C(=O)Nc3ccc(-c4n[nH]c(CN)n4)cc3)coc2c1. The maximum Gasteiger partial charge on any atom is 0.259 e. The van der Waals surface area contributed by atoms with Crippen LogP contribution in [-0.2, 0) is 6.54 Å². The van der Waals surface area contributed by atoms with Gasteiger partial charge in [0.1, 0.15) is 17.7 Å². The molecule has 2 heterocycles. The van der Waals surface area contributed by atoms with E-state index in [1.54, 1.807) is 12.1 Å². The first-order valence-electron chi connectivity index (χ1n) is 8.15. The molecular formula is C19H17N5O2. The van der Waals surface area contributed by atoms with Gasteiger partial charge < -0.3 is 15.5 Å². The van der Waals surface area contributed by atoms with Gasteiger partial charge in [0.25, 0.3) is 5.91 Å². The zero-order valence-corrected chi connectivity index (χ0v) is 14.1. The first-order valence-corrected chi connectivity index (χ1v) is 8.15. The van der Waals surface area contributed by atoms with E-state index in [2.05, 4.69) is 20.5 Å². The topological polar surface area (TPSA) is 110 Å². The molecule has 7 nitrogen and oxygen atoms in total. The van der Waals surface area contributed by atoms with Crippen molar-refractivity contribution in [2.75, 3.05) is 5.32 Å². The molecule has 4 aromatic rings. The fourth-order valence-corrected chi connectivity index (χ4v) is 2.73. The minimum absolute atomic E-state index is 0.219. The molecule has 2 aromatic heterocycles. The van der Waals surface area contributed by atoms with Gasteiger partial charge >= 0.3 is 0 Å². The Kier molecular flexibility index (Phi) is 3.98. The lowest BCUT2D eigenvalue weighted by Gasteiger charge is -2.05. The summed E-state index contributed by atoms with van der Waals surface area (Å²) in [5.41, 5.74) is 9.32. The molecular weight excluding hydrogens is 330 g/mol. The van der Waals surface area contributed by atoms with Crippen LogP contribution in [0.3, 0.4) is 0 Å². The highest BCUT2D eigenvalue weighted by Gasteiger charge is 2.14. The zero-order valence-electron chi connectivity index (χ0n) is 14.1. The Bertz CT molecular complexity index is 1080. The molecule has 1 amide bonds. The Morgan fingerprint density at radius 1 is 1.23 bits per heavy atom. The number of nitrogens with one attached hydrogen (secondary N) is 2. The van der Waals surface area contributed by atoms with Gasteiger partial charge in [-0.1, -0.05) is 12.1 Å². The zero-order chi connectivity index (χ0) is 18.1. The Labute approximate surface area is 149 Å². The molecule has 7 heteroatoms. The largest absolute Gasteiger partial charge is 0.463 e. The van der Waals surface area contributed by atoms with Gasteiger partial charge in [-0.25, -0.2) is 4.98 Å². The van der Waals surface area contributed by atoms with Gasteiger partial charge in [-0.2, -0.15) is 5.10 Å². The average Bonchev–Trinajstić information content (AvgIpc) is 3.28. The summed E-state index contributed by atoms with van der Waals surface area (Å²) in [5.74, 6) is 0.975. The normalized spacial score (nSPS) is 11.0. The van der Waals surface area contributed by atoms with Gasteiger partial charge in [0.15, 0.2) is 5.82 Å². The molecule has 0 aliphatic carbocycles. The van der Waals surface area contributed by atoms with Crippen LogP contribution < -0.4 is 11.1 Å². The third-order valence-electron chi connectivity index (χ3n) is 4.10. The summed E-state index contributed by atoms with van der Waals surface area (Å²) in [6, 6.07) is 13.1. The van der Waals surface area contributed by atoms with E-state index in [4.69, 9.17) is 10.2 Å². The Hall–Kier alpha value is -3.45. The minimum atomic E-state index is -0.219. The molecule has 0 saturated carbocycles. The molecule has 0 bridgehead atoms. The van der Waals surface area contributed by atoms with Crippen molar-refractivity contribution in [2.24, 2.45) is 5.73 Å². The summed E-state index contributed by atoms with van der Waals surface area (Å²) >= 11 is 0. The van der Waals surface area contributed by atoms with Gasteiger partial charge in [-0.3, -0.25) is 9.89 Å². The van der Waals surface area contributed by atoms with Crippen LogP contribution in [0.25, 0.3) is 22.4 Å². The summed E-state index contributed by atoms with van der Waals surface area (Å²) < 4.78 is 5.49. The minimum Gasteiger partial charge on any atom is -0.463 e. The van der Waals surface area contributed by atoms with Crippen molar-refractivity contribution in [3.8, 4) is 11.4 Å². The number of H-pyrrole nitrogens is 1. The molecule has 0 aliphatic rings. The van der Waals surface area contributed by atoms with Crippen LogP contribution in [0.5, 0.6) is 0 Å². The molecule has 0 aliphatic heterocycles. The molecule has 0 spiro atoms. The van der Waals surface area contributed by atoms with E-state index in [0.29, 0.717) is 35.0 Å². The van der Waals surface area contributed by atoms with E-state index in [9.17, 15) is 4.79 Å². The number of aromatic nitrogens is 3. The summed E-state index contributed by atoms with van der Waals surface area (Å²) in [4.78, 5) is 16.8. The van der Waals surface area contributed by atoms with Crippen LogP contribution >= 0.6 is 0 Å². The predicted octanol–water partition coefficient (Wildman–Crippen LogP) is 3.24. The van der Waals surface area contributed by atoms with E-state index < -0.39 is 0 Å². The van der Waals surface area contributed by atoms with Crippen LogP contribution in [0, 0.1) is 6.92 Å². The van der Waals surface area contributed by atoms with E-state index in [1.807, 2.05) is 37.3 Å². The number of anilines is 1. The Morgan fingerprint density at radius 3 is 2.77 bits per heavy atom. The number of nitrogens with two attached hydrogens (primary N) is 1. The van der Waals surface area contributed by atoms with E-state index in [-0.39, 0.29) is 5.91 Å². The number of nitrogens with zero attached hydrogens (tertiary/aromatic N) is 2. The number of amides is 1. The maximum atomic E-state index is 12.6. The van der Waals surface area contributed by atoms with Crippen molar-refractivity contribution in [3.05, 3.63) is 65.7 Å². The third kappa shape index (κ3) is 2.96. The number of aryl methyl sites for hydroxylation is 1. The lowest BCUT2D eigenvalue weighted by atomic mass is 10.1. The van der Waals surface area contributed by atoms with Crippen LogP contribution in [-0.4, -0.2) is 21.1 Å². The quantitative estimate of drug-likeness (QED) is 0.525. The monoisotopic (exact) mass is 347 g/mol. The Morgan fingerprint density at radius 2 is 2.04 bits per heavy atom. The number of furan rings is 1. The van der Waals surface area contributed by atoms with E-state index >= 15 is 0 Å². The van der Waals surface area contributed by atoms with Gasteiger partial charge in [0.2, 0.25) is 0 Å². The van der Waals surface area contributed by atoms with Crippen molar-refractivity contribution in [2.45, 2.75) is 13.5 Å². The highest BCUT2D eigenvalue weighted by Crippen LogP contribution is 2.24. The molecule has 4 rings (SSSR count). The number of carbonyl (C=O) groups excluding carboxylic acids is 1. The van der Waals surface area contributed by atoms with E-state index in [0.717, 1.165) is 16.5 Å². The third-order valence-corrected chi connectivity index (χ3v) is 4.10.